The molecule has 1 aliphatic heterocycles. The highest BCUT2D eigenvalue weighted by molar-refractivity contribution is 6.22. The molecule has 44 heavy (non-hydrogen) atoms. The number of nitrogens with zero attached hydrogens (tertiary/aromatic N) is 3. The maximum atomic E-state index is 6.73. The van der Waals surface area contributed by atoms with Crippen molar-refractivity contribution < 1.29 is 4.42 Å². The van der Waals surface area contributed by atoms with Crippen LogP contribution in [-0.2, 0) is 0 Å². The molecule has 1 aliphatic rings. The van der Waals surface area contributed by atoms with Crippen molar-refractivity contribution >= 4 is 55.4 Å². The number of benzene rings is 6. The number of hydrogen-bond acceptors (Lipinski definition) is 4. The predicted octanol–water partition coefficient (Wildman–Crippen LogP) is 9.18. The molecule has 2 aromatic heterocycles. The zero-order valence-electron chi connectivity index (χ0n) is 23.7. The first kappa shape index (κ1) is 24.6. The van der Waals surface area contributed by atoms with Gasteiger partial charge in [-0.25, -0.2) is 9.98 Å². The number of rotatable bonds is 4. The van der Waals surface area contributed by atoms with Gasteiger partial charge in [0, 0.05) is 38.9 Å². The van der Waals surface area contributed by atoms with Crippen molar-refractivity contribution in [1.29, 1.82) is 0 Å². The zero-order chi connectivity index (χ0) is 29.0. The molecule has 8 aromatic rings. The number of aliphatic imine (C=N–C) groups is 2. The van der Waals surface area contributed by atoms with E-state index in [-0.39, 0.29) is 6.17 Å². The summed E-state index contributed by atoms with van der Waals surface area (Å²) >= 11 is 0. The lowest BCUT2D eigenvalue weighted by atomic mass is 10.1. The van der Waals surface area contributed by atoms with Gasteiger partial charge >= 0.3 is 0 Å². The summed E-state index contributed by atoms with van der Waals surface area (Å²) in [6.45, 7) is 0. The van der Waals surface area contributed by atoms with Gasteiger partial charge in [-0.05, 0) is 35.9 Å². The van der Waals surface area contributed by atoms with E-state index in [1.165, 1.54) is 16.3 Å². The minimum absolute atomic E-state index is 0.279. The number of para-hydroxylation sites is 3. The molecule has 0 aliphatic carbocycles. The monoisotopic (exact) mass is 566 g/mol. The molecule has 3 heterocycles. The van der Waals surface area contributed by atoms with Crippen LogP contribution in [-0.4, -0.2) is 16.2 Å². The third kappa shape index (κ3) is 3.87. The van der Waals surface area contributed by atoms with Crippen LogP contribution in [0.5, 0.6) is 0 Å². The van der Waals surface area contributed by atoms with Crippen molar-refractivity contribution in [3.63, 3.8) is 0 Å². The summed E-state index contributed by atoms with van der Waals surface area (Å²) in [6, 6.07) is 50.3. The van der Waals surface area contributed by atoms with E-state index in [0.717, 1.165) is 55.7 Å². The Bertz CT molecular complexity index is 2400. The number of amidine groups is 2. The van der Waals surface area contributed by atoms with Crippen LogP contribution in [0.15, 0.2) is 160 Å². The minimum atomic E-state index is -0.279. The average Bonchev–Trinajstić information content (AvgIpc) is 3.63. The molecule has 0 amide bonds. The lowest BCUT2D eigenvalue weighted by molar-refractivity contribution is 0.663. The van der Waals surface area contributed by atoms with E-state index in [4.69, 9.17) is 14.4 Å². The number of nitrogens with one attached hydrogen (secondary N) is 1. The van der Waals surface area contributed by atoms with E-state index >= 15 is 0 Å². The summed E-state index contributed by atoms with van der Waals surface area (Å²) in [7, 11) is 0. The molecule has 1 atom stereocenters. The predicted molar refractivity (Wildman–Crippen MR) is 180 cm³/mol. The molecule has 6 aromatic carbocycles. The molecule has 0 bridgehead atoms. The van der Waals surface area contributed by atoms with Crippen LogP contribution in [0.25, 0.3) is 49.4 Å². The van der Waals surface area contributed by atoms with E-state index in [9.17, 15) is 0 Å². The van der Waals surface area contributed by atoms with Gasteiger partial charge in [-0.1, -0.05) is 109 Å². The van der Waals surface area contributed by atoms with Crippen molar-refractivity contribution in [3.05, 3.63) is 162 Å². The second kappa shape index (κ2) is 9.82. The Hall–Kier alpha value is -5.94. The zero-order valence-corrected chi connectivity index (χ0v) is 23.7. The van der Waals surface area contributed by atoms with E-state index in [1.54, 1.807) is 0 Å². The van der Waals surface area contributed by atoms with Gasteiger partial charge in [0.25, 0.3) is 0 Å². The second-order valence-electron chi connectivity index (χ2n) is 11.1. The van der Waals surface area contributed by atoms with E-state index < -0.39 is 0 Å². The minimum Gasteiger partial charge on any atom is -0.455 e. The number of hydrogen-bond donors (Lipinski definition) is 1. The molecule has 0 spiro atoms. The average molecular weight is 567 g/mol. The Morgan fingerprint density at radius 3 is 2.11 bits per heavy atom. The Balaban J connectivity index is 1.28. The molecular weight excluding hydrogens is 540 g/mol. The van der Waals surface area contributed by atoms with Gasteiger partial charge in [0.1, 0.15) is 23.2 Å². The van der Waals surface area contributed by atoms with Crippen molar-refractivity contribution in [2.45, 2.75) is 6.17 Å². The van der Waals surface area contributed by atoms with Crippen LogP contribution in [0, 0.1) is 0 Å². The van der Waals surface area contributed by atoms with Gasteiger partial charge in [0.2, 0.25) is 0 Å². The second-order valence-corrected chi connectivity index (χ2v) is 11.1. The Labute approximate surface area is 253 Å². The van der Waals surface area contributed by atoms with Gasteiger partial charge in [-0.3, -0.25) is 0 Å². The summed E-state index contributed by atoms with van der Waals surface area (Å²) in [4.78, 5) is 10.2. The highest BCUT2D eigenvalue weighted by Gasteiger charge is 2.24. The first-order chi connectivity index (χ1) is 21.8. The third-order valence-electron chi connectivity index (χ3n) is 8.45. The van der Waals surface area contributed by atoms with Crippen molar-refractivity contribution in [1.82, 2.24) is 9.88 Å². The van der Waals surface area contributed by atoms with Crippen LogP contribution < -0.4 is 5.32 Å². The third-order valence-corrected chi connectivity index (χ3v) is 8.45. The molecule has 208 valence electrons. The summed E-state index contributed by atoms with van der Waals surface area (Å²) in [5.74, 6) is 1.43. The molecule has 0 saturated carbocycles. The van der Waals surface area contributed by atoms with Crippen LogP contribution in [0.4, 0.5) is 0 Å². The summed E-state index contributed by atoms with van der Waals surface area (Å²) < 4.78 is 9.05. The molecule has 9 rings (SSSR count). The van der Waals surface area contributed by atoms with Crippen LogP contribution in [0.3, 0.4) is 0 Å². The van der Waals surface area contributed by atoms with Crippen molar-refractivity contribution in [2.24, 2.45) is 9.98 Å². The van der Waals surface area contributed by atoms with E-state index in [2.05, 4.69) is 113 Å². The molecular formula is C39H26N4O. The quantitative estimate of drug-likeness (QED) is 0.231. The van der Waals surface area contributed by atoms with Gasteiger partial charge in [-0.2, -0.15) is 0 Å². The van der Waals surface area contributed by atoms with Crippen LogP contribution >= 0.6 is 0 Å². The Morgan fingerprint density at radius 1 is 0.591 bits per heavy atom. The Kier molecular flexibility index (Phi) is 5.50. The van der Waals surface area contributed by atoms with Crippen molar-refractivity contribution in [2.75, 3.05) is 0 Å². The maximum Gasteiger partial charge on any atom is 0.163 e. The molecule has 1 unspecified atom stereocenters. The molecule has 0 radical (unpaired) electrons. The normalized spacial score (nSPS) is 15.0. The lowest BCUT2D eigenvalue weighted by Gasteiger charge is -2.23. The van der Waals surface area contributed by atoms with Gasteiger partial charge < -0.3 is 14.3 Å². The molecule has 5 nitrogen and oxygen atoms in total. The molecule has 1 N–H and O–H groups in total. The smallest absolute Gasteiger partial charge is 0.163 e. The van der Waals surface area contributed by atoms with Gasteiger partial charge in [0.15, 0.2) is 5.84 Å². The Morgan fingerprint density at radius 2 is 1.30 bits per heavy atom. The highest BCUT2D eigenvalue weighted by atomic mass is 16.3. The molecule has 5 heteroatoms. The van der Waals surface area contributed by atoms with E-state index in [0.29, 0.717) is 5.84 Å². The van der Waals surface area contributed by atoms with E-state index in [1.807, 2.05) is 42.5 Å². The summed E-state index contributed by atoms with van der Waals surface area (Å²) in [6.07, 6.45) is -0.279. The molecule has 0 saturated heterocycles. The molecule has 0 fully saturated rings. The number of furan rings is 1. The topological polar surface area (TPSA) is 54.8 Å². The van der Waals surface area contributed by atoms with Gasteiger partial charge in [0.05, 0.1) is 16.6 Å². The SMILES string of the molecule is c1ccc(C2=NC(c3cccc4c3oc3cc5c(cc34)c3ccccc3n5-c3ccccc3)=NC(c3ccccc3)N2)cc1. The maximum absolute atomic E-state index is 6.73. The van der Waals surface area contributed by atoms with Crippen LogP contribution in [0.1, 0.15) is 22.9 Å². The standard InChI is InChI=1S/C39H26N4O/c1-4-13-25(14-5-1)37-40-38(26-15-6-2-7-16-26)42-39(41-37)30-21-12-20-29-32-23-31-28-19-10-11-22-33(28)43(27-17-8-3-9-18-27)34(31)24-35(32)44-36(29)30/h1-24,37H,(H,40,41,42). The highest BCUT2D eigenvalue weighted by Crippen LogP contribution is 2.39. The van der Waals surface area contributed by atoms with Crippen molar-refractivity contribution in [3.8, 4) is 5.69 Å². The number of fused-ring (bicyclic) bond motifs is 6. The summed E-state index contributed by atoms with van der Waals surface area (Å²) in [5, 5.41) is 8.07. The van der Waals surface area contributed by atoms with Gasteiger partial charge in [-0.15, -0.1) is 0 Å². The summed E-state index contributed by atoms with van der Waals surface area (Å²) in [5.41, 5.74) is 7.97. The first-order valence-corrected chi connectivity index (χ1v) is 14.8. The van der Waals surface area contributed by atoms with Crippen LogP contribution in [0.2, 0.25) is 0 Å². The largest absolute Gasteiger partial charge is 0.455 e. The fourth-order valence-electron chi connectivity index (χ4n) is 6.41. The first-order valence-electron chi connectivity index (χ1n) is 14.8. The lowest BCUT2D eigenvalue weighted by Crippen LogP contribution is -2.33. The fraction of sp³-hybridized carbons (Fsp3) is 0.0256. The number of aromatic nitrogens is 1. The fourth-order valence-corrected chi connectivity index (χ4v) is 6.41.